The van der Waals surface area contributed by atoms with Crippen molar-refractivity contribution in [3.63, 3.8) is 0 Å². The van der Waals surface area contributed by atoms with E-state index in [1.54, 1.807) is 26.8 Å². The summed E-state index contributed by atoms with van der Waals surface area (Å²) in [7, 11) is 0. The Kier molecular flexibility index (Phi) is 4.53. The normalized spacial score (nSPS) is 17.7. The van der Waals surface area contributed by atoms with Crippen LogP contribution in [0.1, 0.15) is 25.6 Å². The number of carbonyl (C=O) groups excluding carboxylic acids is 3. The number of rotatable bonds is 3. The van der Waals surface area contributed by atoms with E-state index in [0.717, 1.165) is 21.5 Å². The molecule has 2 heterocycles. The van der Waals surface area contributed by atoms with Crippen molar-refractivity contribution >= 4 is 46.3 Å². The summed E-state index contributed by atoms with van der Waals surface area (Å²) in [6, 6.07) is 3.72. The third-order valence-corrected chi connectivity index (χ3v) is 4.12. The van der Waals surface area contributed by atoms with E-state index in [1.807, 2.05) is 17.5 Å². The topological polar surface area (TPSA) is 63.7 Å². The minimum atomic E-state index is -0.647. The first-order chi connectivity index (χ1) is 9.76. The molecule has 1 aliphatic heterocycles. The number of hydrogen-bond donors (Lipinski definition) is 0. The molecule has 112 valence electrons. The number of imide groups is 1. The van der Waals surface area contributed by atoms with Crippen LogP contribution in [0.5, 0.6) is 0 Å². The second kappa shape index (κ2) is 6.03. The number of ether oxygens (including phenoxy) is 1. The van der Waals surface area contributed by atoms with Crippen molar-refractivity contribution in [2.24, 2.45) is 0 Å². The molecule has 7 heteroatoms. The van der Waals surface area contributed by atoms with Crippen LogP contribution in [0.25, 0.3) is 6.08 Å². The smallest absolute Gasteiger partial charge is 0.326 e. The van der Waals surface area contributed by atoms with Crippen molar-refractivity contribution in [1.29, 1.82) is 0 Å². The summed E-state index contributed by atoms with van der Waals surface area (Å²) in [6.45, 7) is 4.84. The summed E-state index contributed by atoms with van der Waals surface area (Å²) >= 11 is 2.31. The molecule has 0 bridgehead atoms. The highest BCUT2D eigenvalue weighted by atomic mass is 32.2. The van der Waals surface area contributed by atoms with Gasteiger partial charge in [-0.3, -0.25) is 19.3 Å². The number of hydrogen-bond acceptors (Lipinski definition) is 6. The Labute approximate surface area is 131 Å². The van der Waals surface area contributed by atoms with Crippen molar-refractivity contribution in [2.75, 3.05) is 6.54 Å². The molecule has 1 aromatic heterocycles. The van der Waals surface area contributed by atoms with Crippen molar-refractivity contribution in [3.05, 3.63) is 27.3 Å². The van der Waals surface area contributed by atoms with Crippen molar-refractivity contribution < 1.29 is 19.1 Å². The van der Waals surface area contributed by atoms with Gasteiger partial charge in [0.05, 0.1) is 4.91 Å². The van der Waals surface area contributed by atoms with E-state index in [2.05, 4.69) is 0 Å². The van der Waals surface area contributed by atoms with Crippen LogP contribution in [-0.4, -0.2) is 34.2 Å². The second-order valence-corrected chi connectivity index (χ2v) is 7.34. The van der Waals surface area contributed by atoms with Gasteiger partial charge in [-0.15, -0.1) is 11.3 Å². The summed E-state index contributed by atoms with van der Waals surface area (Å²) in [5.41, 5.74) is -0.647. The molecule has 0 spiro atoms. The van der Waals surface area contributed by atoms with Gasteiger partial charge >= 0.3 is 5.97 Å². The fourth-order valence-electron chi connectivity index (χ4n) is 1.64. The Morgan fingerprint density at radius 3 is 2.67 bits per heavy atom. The maximum Gasteiger partial charge on any atom is 0.326 e. The summed E-state index contributed by atoms with van der Waals surface area (Å²) in [5.74, 6) is -1.05. The number of thiophene rings is 1. The zero-order valence-corrected chi connectivity index (χ0v) is 13.5. The van der Waals surface area contributed by atoms with Gasteiger partial charge in [0.25, 0.3) is 11.1 Å². The van der Waals surface area contributed by atoms with Crippen LogP contribution in [-0.2, 0) is 14.3 Å². The molecule has 2 amide bonds. The zero-order chi connectivity index (χ0) is 15.6. The predicted octanol–water partition coefficient (Wildman–Crippen LogP) is 3.13. The fourth-order valence-corrected chi connectivity index (χ4v) is 3.20. The lowest BCUT2D eigenvalue weighted by molar-refractivity contribution is -0.156. The van der Waals surface area contributed by atoms with E-state index >= 15 is 0 Å². The third-order valence-electron chi connectivity index (χ3n) is 2.40. The highest BCUT2D eigenvalue weighted by molar-refractivity contribution is 8.18. The number of thioether (sulfide) groups is 1. The van der Waals surface area contributed by atoms with Crippen LogP contribution in [0.3, 0.4) is 0 Å². The van der Waals surface area contributed by atoms with E-state index in [4.69, 9.17) is 4.74 Å². The Hall–Kier alpha value is -1.60. The first kappa shape index (κ1) is 15.8. The van der Waals surface area contributed by atoms with E-state index in [0.29, 0.717) is 4.91 Å². The Balaban J connectivity index is 2.07. The van der Waals surface area contributed by atoms with Gasteiger partial charge in [0, 0.05) is 4.88 Å². The number of carbonyl (C=O) groups is 3. The van der Waals surface area contributed by atoms with Gasteiger partial charge < -0.3 is 4.74 Å². The predicted molar refractivity (Wildman–Crippen MR) is 82.8 cm³/mol. The third kappa shape index (κ3) is 4.18. The summed E-state index contributed by atoms with van der Waals surface area (Å²) in [5, 5.41) is 1.44. The highest BCUT2D eigenvalue weighted by Crippen LogP contribution is 2.32. The number of nitrogens with zero attached hydrogens (tertiary/aromatic N) is 1. The quantitative estimate of drug-likeness (QED) is 0.631. The molecule has 0 unspecified atom stereocenters. The SMILES string of the molecule is CC(C)(C)OC(=O)CN1C(=O)S/C(=C\c2cccs2)C1=O. The Morgan fingerprint density at radius 2 is 2.10 bits per heavy atom. The van der Waals surface area contributed by atoms with E-state index in [1.165, 1.54) is 11.3 Å². The molecule has 0 aromatic carbocycles. The fraction of sp³-hybridized carbons (Fsp3) is 0.357. The molecule has 5 nitrogen and oxygen atoms in total. The van der Waals surface area contributed by atoms with Crippen LogP contribution in [0.4, 0.5) is 4.79 Å². The van der Waals surface area contributed by atoms with Crippen LogP contribution in [0.15, 0.2) is 22.4 Å². The van der Waals surface area contributed by atoms with E-state index < -0.39 is 22.7 Å². The maximum atomic E-state index is 12.2. The van der Waals surface area contributed by atoms with Gasteiger partial charge in [-0.2, -0.15) is 0 Å². The molecule has 0 radical (unpaired) electrons. The van der Waals surface area contributed by atoms with Crippen molar-refractivity contribution in [1.82, 2.24) is 4.90 Å². The van der Waals surface area contributed by atoms with Crippen LogP contribution < -0.4 is 0 Å². The average Bonchev–Trinajstić information content (AvgIpc) is 2.92. The molecule has 1 saturated heterocycles. The first-order valence-electron chi connectivity index (χ1n) is 6.27. The monoisotopic (exact) mass is 325 g/mol. The highest BCUT2D eigenvalue weighted by Gasteiger charge is 2.37. The molecule has 0 atom stereocenters. The molecule has 21 heavy (non-hydrogen) atoms. The number of amides is 2. The second-order valence-electron chi connectivity index (χ2n) is 5.37. The molecular weight excluding hydrogens is 310 g/mol. The van der Waals surface area contributed by atoms with Gasteiger partial charge in [-0.25, -0.2) is 0 Å². The van der Waals surface area contributed by atoms with Gasteiger partial charge in [0.15, 0.2) is 0 Å². The molecule has 0 saturated carbocycles. The average molecular weight is 325 g/mol. The van der Waals surface area contributed by atoms with Gasteiger partial charge in [0.2, 0.25) is 0 Å². The van der Waals surface area contributed by atoms with Crippen molar-refractivity contribution in [3.8, 4) is 0 Å². The molecule has 0 N–H and O–H groups in total. The van der Waals surface area contributed by atoms with Gasteiger partial charge in [0.1, 0.15) is 12.1 Å². The zero-order valence-electron chi connectivity index (χ0n) is 11.9. The molecule has 1 aliphatic rings. The lowest BCUT2D eigenvalue weighted by atomic mass is 10.2. The largest absolute Gasteiger partial charge is 0.459 e. The number of esters is 1. The van der Waals surface area contributed by atoms with E-state index in [9.17, 15) is 14.4 Å². The molecule has 0 aliphatic carbocycles. The Bertz CT molecular complexity index is 599. The lowest BCUT2D eigenvalue weighted by Crippen LogP contribution is -2.37. The maximum absolute atomic E-state index is 12.2. The summed E-state index contributed by atoms with van der Waals surface area (Å²) in [6.07, 6.45) is 1.66. The lowest BCUT2D eigenvalue weighted by Gasteiger charge is -2.21. The van der Waals surface area contributed by atoms with E-state index in [-0.39, 0.29) is 6.54 Å². The van der Waals surface area contributed by atoms with Gasteiger partial charge in [-0.1, -0.05) is 6.07 Å². The Morgan fingerprint density at radius 1 is 1.38 bits per heavy atom. The minimum absolute atomic E-state index is 0.325. The molecular formula is C14H15NO4S2. The molecule has 2 rings (SSSR count). The van der Waals surface area contributed by atoms with Crippen LogP contribution in [0, 0.1) is 0 Å². The van der Waals surface area contributed by atoms with Crippen LogP contribution >= 0.6 is 23.1 Å². The summed E-state index contributed by atoms with van der Waals surface area (Å²) < 4.78 is 5.13. The summed E-state index contributed by atoms with van der Waals surface area (Å²) in [4.78, 5) is 37.9. The van der Waals surface area contributed by atoms with Crippen LogP contribution in [0.2, 0.25) is 0 Å². The molecule has 1 fully saturated rings. The minimum Gasteiger partial charge on any atom is -0.459 e. The molecule has 1 aromatic rings. The van der Waals surface area contributed by atoms with Crippen molar-refractivity contribution in [2.45, 2.75) is 26.4 Å². The standard InChI is InChI=1S/C14H15NO4S2/c1-14(2,3)19-11(16)8-15-12(17)10(21-13(15)18)7-9-5-4-6-20-9/h4-7H,8H2,1-3H3/b10-7-. The van der Waals surface area contributed by atoms with Gasteiger partial charge in [-0.05, 0) is 50.1 Å². The first-order valence-corrected chi connectivity index (χ1v) is 7.96.